The Labute approximate surface area is 110 Å². The molecule has 0 spiro atoms. The molecule has 4 nitrogen and oxygen atoms in total. The third-order valence-electron chi connectivity index (χ3n) is 2.17. The molecule has 0 saturated heterocycles. The maximum Gasteiger partial charge on any atom is 0.247 e. The van der Waals surface area contributed by atoms with Crippen LogP contribution in [0.1, 0.15) is 32.6 Å². The molecule has 1 amide bonds. The Morgan fingerprint density at radius 2 is 2.21 bits per heavy atom. The molecule has 1 aliphatic carbocycles. The zero-order valence-corrected chi connectivity index (χ0v) is 11.3. The van der Waals surface area contributed by atoms with Crippen LogP contribution in [0.15, 0.2) is 0 Å². The molecule has 1 aliphatic rings. The first-order valence-electron chi connectivity index (χ1n) is 4.84. The summed E-state index contributed by atoms with van der Waals surface area (Å²) in [5.74, 6) is -0.379. The second-order valence-electron chi connectivity index (χ2n) is 3.62. The fourth-order valence-electron chi connectivity index (χ4n) is 1.17. The van der Waals surface area contributed by atoms with E-state index in [4.69, 9.17) is 5.73 Å². The molecule has 0 aromatic heterocycles. The second kappa shape index (κ2) is 6.88. The molecule has 0 aliphatic heterocycles. The second-order valence-corrected chi connectivity index (χ2v) is 3.62. The van der Waals surface area contributed by atoms with Gasteiger partial charge in [0.2, 0.25) is 5.91 Å². The molecule has 0 bridgehead atoms. The van der Waals surface area contributed by atoms with E-state index in [1.54, 1.807) is 0 Å². The molecular formula is C9H17N2O2Y-. The maximum absolute atomic E-state index is 11.2. The number of hydrogen-bond acceptors (Lipinski definition) is 2. The van der Waals surface area contributed by atoms with Gasteiger partial charge < -0.3 is 16.2 Å². The van der Waals surface area contributed by atoms with Gasteiger partial charge in [-0.2, -0.15) is 0 Å². The number of aliphatic hydroxyl groups is 1. The molecule has 0 heterocycles. The van der Waals surface area contributed by atoms with Gasteiger partial charge in [-0.15, -0.1) is 6.04 Å². The maximum atomic E-state index is 11.2. The van der Waals surface area contributed by atoms with E-state index in [2.05, 4.69) is 5.32 Å². The summed E-state index contributed by atoms with van der Waals surface area (Å²) in [6, 6.07) is -0.417. The van der Waals surface area contributed by atoms with Gasteiger partial charge in [0.15, 0.2) is 0 Å². The molecule has 3 N–H and O–H groups in total. The number of nitrogens with one attached hydrogen (secondary N) is 2. The van der Waals surface area contributed by atoms with E-state index >= 15 is 0 Å². The fourth-order valence-corrected chi connectivity index (χ4v) is 1.17. The molecule has 2 atom stereocenters. The molecule has 1 fully saturated rings. The number of hydrogen-bond donors (Lipinski definition) is 2. The van der Waals surface area contributed by atoms with Crippen LogP contribution in [0, 0.1) is 0 Å². The number of amides is 1. The predicted octanol–water partition coefficient (Wildman–Crippen LogP) is 0.844. The van der Waals surface area contributed by atoms with E-state index in [0.29, 0.717) is 6.42 Å². The molecule has 1 radical (unpaired) electrons. The minimum atomic E-state index is -1.15. The van der Waals surface area contributed by atoms with Gasteiger partial charge in [-0.05, 0) is 12.8 Å². The fraction of sp³-hybridized carbons (Fsp3) is 0.889. The molecule has 1 saturated carbocycles. The quantitative estimate of drug-likeness (QED) is 0.779. The van der Waals surface area contributed by atoms with Crippen molar-refractivity contribution >= 4 is 5.91 Å². The van der Waals surface area contributed by atoms with Crippen LogP contribution in [-0.2, 0) is 37.5 Å². The summed E-state index contributed by atoms with van der Waals surface area (Å²) in [7, 11) is 0. The first-order chi connectivity index (χ1) is 6.15. The summed E-state index contributed by atoms with van der Waals surface area (Å²) in [6.45, 7) is 1.94. The number of carbonyl (C=O) groups excluding carboxylic acids is 1. The summed E-state index contributed by atoms with van der Waals surface area (Å²) < 4.78 is 0. The van der Waals surface area contributed by atoms with Gasteiger partial charge in [-0.25, -0.2) is 0 Å². The van der Waals surface area contributed by atoms with E-state index in [9.17, 15) is 9.90 Å². The van der Waals surface area contributed by atoms with Gasteiger partial charge in [-0.1, -0.05) is 19.8 Å². The summed E-state index contributed by atoms with van der Waals surface area (Å²) >= 11 is 0. The zero-order chi connectivity index (χ0) is 9.84. The molecule has 5 heteroatoms. The minimum absolute atomic E-state index is 0. The summed E-state index contributed by atoms with van der Waals surface area (Å²) in [5.41, 5.74) is 7.46. The molecule has 1 rings (SSSR count). The van der Waals surface area contributed by atoms with Crippen LogP contribution in [0.3, 0.4) is 0 Å². The molecule has 0 aromatic rings. The number of carbonyl (C=O) groups is 1. The average molecular weight is 274 g/mol. The topological polar surface area (TPSA) is 73.1 Å². The third-order valence-corrected chi connectivity index (χ3v) is 2.17. The van der Waals surface area contributed by atoms with Crippen LogP contribution in [0.5, 0.6) is 0 Å². The summed E-state index contributed by atoms with van der Waals surface area (Å²) in [4.78, 5) is 11.2. The third kappa shape index (κ3) is 4.83. The first kappa shape index (κ1) is 14.5. The van der Waals surface area contributed by atoms with Crippen molar-refractivity contribution in [3.63, 3.8) is 0 Å². The van der Waals surface area contributed by atoms with Gasteiger partial charge in [0, 0.05) is 38.8 Å². The molecule has 14 heavy (non-hydrogen) atoms. The van der Waals surface area contributed by atoms with Crippen molar-refractivity contribution in [1.82, 2.24) is 5.32 Å². The van der Waals surface area contributed by atoms with Crippen LogP contribution in [0.2, 0.25) is 0 Å². The van der Waals surface area contributed by atoms with Gasteiger partial charge in [0.25, 0.3) is 0 Å². The van der Waals surface area contributed by atoms with Crippen molar-refractivity contribution in [3.05, 3.63) is 5.73 Å². The Kier molecular flexibility index (Phi) is 7.13. The van der Waals surface area contributed by atoms with Crippen molar-refractivity contribution in [2.45, 2.75) is 50.8 Å². The van der Waals surface area contributed by atoms with E-state index in [0.717, 1.165) is 19.3 Å². The van der Waals surface area contributed by atoms with Crippen molar-refractivity contribution < 1.29 is 42.6 Å². The van der Waals surface area contributed by atoms with Gasteiger partial charge in [0.05, 0.1) is 0 Å². The largest absolute Gasteiger partial charge is 0.672 e. The Hall–Kier alpha value is 0.494. The molecule has 2 unspecified atom stereocenters. The Bertz CT molecular complexity index is 186. The molecule has 79 valence electrons. The van der Waals surface area contributed by atoms with Crippen molar-refractivity contribution in [1.29, 1.82) is 0 Å². The molecule has 0 aromatic carbocycles. The Balaban J connectivity index is 0.00000169. The van der Waals surface area contributed by atoms with Gasteiger partial charge in [0.1, 0.15) is 6.10 Å². The van der Waals surface area contributed by atoms with Crippen molar-refractivity contribution in [2.75, 3.05) is 0 Å². The monoisotopic (exact) mass is 274 g/mol. The van der Waals surface area contributed by atoms with Crippen LogP contribution in [-0.4, -0.2) is 29.2 Å². The number of aliphatic hydroxyl groups excluding tert-OH is 1. The van der Waals surface area contributed by atoms with Crippen LogP contribution < -0.4 is 5.32 Å². The van der Waals surface area contributed by atoms with Gasteiger partial charge >= 0.3 is 0 Å². The Morgan fingerprint density at radius 1 is 1.64 bits per heavy atom. The smallest absolute Gasteiger partial charge is 0.247 e. The standard InChI is InChI=1S/C9H17N2O2.Y/c1-2-3-7(10)8(12)9(13)11-6-4-5-6;/h6-8,10,12H,2-5H2,1H3,(H,11,13);/q-1;. The first-order valence-corrected chi connectivity index (χ1v) is 4.84. The normalized spacial score (nSPS) is 19.4. The minimum Gasteiger partial charge on any atom is -0.672 e. The van der Waals surface area contributed by atoms with Crippen molar-refractivity contribution in [2.24, 2.45) is 0 Å². The van der Waals surface area contributed by atoms with Gasteiger partial charge in [-0.3, -0.25) is 4.79 Å². The van der Waals surface area contributed by atoms with Crippen LogP contribution >= 0.6 is 0 Å². The van der Waals surface area contributed by atoms with E-state index in [1.807, 2.05) is 6.92 Å². The summed E-state index contributed by atoms with van der Waals surface area (Å²) in [6.07, 6.45) is 2.26. The van der Waals surface area contributed by atoms with E-state index in [-0.39, 0.29) is 44.7 Å². The van der Waals surface area contributed by atoms with E-state index < -0.39 is 12.1 Å². The zero-order valence-electron chi connectivity index (χ0n) is 8.49. The molecular weight excluding hydrogens is 257 g/mol. The Morgan fingerprint density at radius 3 is 2.64 bits per heavy atom. The predicted molar refractivity (Wildman–Crippen MR) is 50.2 cm³/mol. The average Bonchev–Trinajstić information content (AvgIpc) is 2.87. The summed E-state index contributed by atoms with van der Waals surface area (Å²) in [5, 5.41) is 12.1. The SMILES string of the molecule is CCCC([NH-])C(O)C(=O)NC1CC1.[Y]. The van der Waals surface area contributed by atoms with Crippen LogP contribution in [0.25, 0.3) is 5.73 Å². The van der Waals surface area contributed by atoms with Crippen molar-refractivity contribution in [3.8, 4) is 0 Å². The van der Waals surface area contributed by atoms with E-state index in [1.165, 1.54) is 0 Å². The van der Waals surface area contributed by atoms with Crippen LogP contribution in [0.4, 0.5) is 0 Å². The number of rotatable bonds is 5.